The van der Waals surface area contributed by atoms with E-state index in [4.69, 9.17) is 16.1 Å². The van der Waals surface area contributed by atoms with E-state index in [0.717, 1.165) is 24.8 Å². The third kappa shape index (κ3) is 3.13. The lowest BCUT2D eigenvalue weighted by Crippen LogP contribution is -2.76. The second-order valence-corrected chi connectivity index (χ2v) is 12.4. The van der Waals surface area contributed by atoms with Gasteiger partial charge in [-0.2, -0.15) is 4.98 Å². The molecule has 1 N–H and O–H groups in total. The summed E-state index contributed by atoms with van der Waals surface area (Å²) in [4.78, 5) is 21.9. The number of hydrogen-bond acceptors (Lipinski definition) is 7. The van der Waals surface area contributed by atoms with Crippen molar-refractivity contribution in [2.24, 2.45) is 0 Å². The number of sulfone groups is 1. The Hall–Kier alpha value is -2.78. The Morgan fingerprint density at radius 2 is 1.76 bits per heavy atom. The van der Waals surface area contributed by atoms with Crippen molar-refractivity contribution in [1.82, 2.24) is 20.4 Å². The molecule has 0 spiro atoms. The molecule has 4 aliphatic carbocycles. The summed E-state index contributed by atoms with van der Waals surface area (Å²) in [5.41, 5.74) is 1.01. The van der Waals surface area contributed by atoms with Crippen LogP contribution in [0.2, 0.25) is 5.02 Å². The molecule has 4 fully saturated rings. The van der Waals surface area contributed by atoms with E-state index < -0.39 is 14.6 Å². The summed E-state index contributed by atoms with van der Waals surface area (Å²) in [7, 11) is -3.29. The number of nitrogens with zero attached hydrogens (tertiary/aromatic N) is 3. The Morgan fingerprint density at radius 3 is 2.39 bits per heavy atom. The molecule has 2 aromatic heterocycles. The molecule has 0 aliphatic heterocycles. The normalized spacial score (nSPS) is 26.7. The van der Waals surface area contributed by atoms with E-state index in [9.17, 15) is 13.2 Å². The number of amides is 1. The van der Waals surface area contributed by atoms with Crippen LogP contribution in [0, 0.1) is 0 Å². The largest absolute Gasteiger partial charge is 0.345 e. The maximum absolute atomic E-state index is 12.9. The highest BCUT2D eigenvalue weighted by Gasteiger charge is 2.72. The van der Waals surface area contributed by atoms with Gasteiger partial charge >= 0.3 is 0 Å². The lowest BCUT2D eigenvalue weighted by Gasteiger charge is -2.68. The lowest BCUT2D eigenvalue weighted by atomic mass is 9.39. The zero-order chi connectivity index (χ0) is 23.1. The van der Waals surface area contributed by atoms with Crippen LogP contribution in [-0.4, -0.2) is 41.2 Å². The van der Waals surface area contributed by atoms with Crippen LogP contribution in [-0.2, 0) is 20.0 Å². The summed E-state index contributed by atoms with van der Waals surface area (Å²) in [5.74, 6) is 0.819. The van der Waals surface area contributed by atoms with Gasteiger partial charge in [-0.3, -0.25) is 4.79 Å². The number of aromatic nitrogens is 3. The van der Waals surface area contributed by atoms with Crippen LogP contribution in [0.15, 0.2) is 47.0 Å². The fourth-order valence-corrected chi connectivity index (χ4v) is 6.82. The highest BCUT2D eigenvalue weighted by Crippen LogP contribution is 2.67. The minimum Gasteiger partial charge on any atom is -0.345 e. The van der Waals surface area contributed by atoms with Crippen LogP contribution in [0.5, 0.6) is 0 Å². The summed E-state index contributed by atoms with van der Waals surface area (Å²) >= 11 is 5.94. The Kier molecular flexibility index (Phi) is 4.18. The molecule has 3 aromatic rings. The van der Waals surface area contributed by atoms with Crippen LogP contribution in [0.4, 0.5) is 0 Å². The first-order valence-corrected chi connectivity index (χ1v) is 13.0. The van der Waals surface area contributed by atoms with Crippen molar-refractivity contribution in [3.63, 3.8) is 0 Å². The number of pyridine rings is 1. The van der Waals surface area contributed by atoms with E-state index in [0.29, 0.717) is 35.3 Å². The summed E-state index contributed by atoms with van der Waals surface area (Å²) in [6, 6.07) is 12.3. The molecule has 170 valence electrons. The quantitative estimate of drug-likeness (QED) is 0.569. The van der Waals surface area contributed by atoms with E-state index in [1.807, 2.05) is 12.1 Å². The first kappa shape index (κ1) is 20.8. The summed E-state index contributed by atoms with van der Waals surface area (Å²) in [6.45, 7) is 0. The number of benzene rings is 1. The average molecular weight is 485 g/mol. The van der Waals surface area contributed by atoms with Crippen LogP contribution in [0.3, 0.4) is 0 Å². The van der Waals surface area contributed by atoms with Crippen molar-refractivity contribution in [3.8, 4) is 11.4 Å². The molecule has 8 nitrogen and oxygen atoms in total. The van der Waals surface area contributed by atoms with Gasteiger partial charge in [0.15, 0.2) is 9.84 Å². The second-order valence-electron chi connectivity index (χ2n) is 9.65. The smallest absolute Gasteiger partial charge is 0.270 e. The highest BCUT2D eigenvalue weighted by atomic mass is 35.5. The fraction of sp³-hybridized carbons (Fsp3) is 0.391. The molecule has 0 unspecified atom stereocenters. The van der Waals surface area contributed by atoms with Crippen molar-refractivity contribution in [1.29, 1.82) is 0 Å². The van der Waals surface area contributed by atoms with E-state index in [1.165, 1.54) is 6.26 Å². The molecule has 0 atom stereocenters. The first-order valence-electron chi connectivity index (χ1n) is 10.7. The molecule has 0 saturated heterocycles. The number of rotatable bonds is 6. The molecule has 4 saturated carbocycles. The minimum absolute atomic E-state index is 0.200. The van der Waals surface area contributed by atoms with Gasteiger partial charge in [0.1, 0.15) is 10.4 Å². The maximum Gasteiger partial charge on any atom is 0.270 e. The fourth-order valence-electron chi connectivity index (χ4n) is 5.35. The zero-order valence-corrected chi connectivity index (χ0v) is 19.4. The molecule has 33 heavy (non-hydrogen) atoms. The van der Waals surface area contributed by atoms with Gasteiger partial charge in [0.05, 0.1) is 11.1 Å². The Labute approximate surface area is 195 Å². The van der Waals surface area contributed by atoms with Gasteiger partial charge in [-0.1, -0.05) is 22.8 Å². The number of halogens is 1. The van der Waals surface area contributed by atoms with E-state index in [-0.39, 0.29) is 22.6 Å². The highest BCUT2D eigenvalue weighted by molar-refractivity contribution is 7.91. The lowest BCUT2D eigenvalue weighted by molar-refractivity contribution is -0.0985. The predicted octanol–water partition coefficient (Wildman–Crippen LogP) is 3.42. The second kappa shape index (κ2) is 6.64. The van der Waals surface area contributed by atoms with Crippen molar-refractivity contribution >= 4 is 27.3 Å². The van der Waals surface area contributed by atoms with Gasteiger partial charge in [0.25, 0.3) is 5.91 Å². The van der Waals surface area contributed by atoms with E-state index in [1.54, 1.807) is 30.3 Å². The van der Waals surface area contributed by atoms with Crippen LogP contribution in [0.25, 0.3) is 11.4 Å². The van der Waals surface area contributed by atoms with Crippen molar-refractivity contribution in [2.45, 2.75) is 47.8 Å². The van der Waals surface area contributed by atoms with Gasteiger partial charge in [-0.15, -0.1) is 0 Å². The number of carbonyl (C=O) groups excluding carboxylic acids is 1. The molecule has 1 amide bonds. The number of carbonyl (C=O) groups is 1. The summed E-state index contributed by atoms with van der Waals surface area (Å²) in [5, 5.41) is 7.84. The average Bonchev–Trinajstić information content (AvgIpc) is 3.43. The van der Waals surface area contributed by atoms with Crippen LogP contribution >= 0.6 is 11.6 Å². The van der Waals surface area contributed by atoms with E-state index >= 15 is 0 Å². The van der Waals surface area contributed by atoms with Crippen molar-refractivity contribution in [3.05, 3.63) is 64.8 Å². The van der Waals surface area contributed by atoms with Crippen molar-refractivity contribution < 1.29 is 17.7 Å². The number of nitrogens with one attached hydrogen (secondary N) is 1. The molecule has 1 aromatic carbocycles. The van der Waals surface area contributed by atoms with Gasteiger partial charge in [-0.05, 0) is 68.5 Å². The number of hydrogen-bond donors (Lipinski definition) is 1. The molecular formula is C23H21ClN4O4S. The van der Waals surface area contributed by atoms with Crippen LogP contribution in [0.1, 0.15) is 54.2 Å². The Balaban J connectivity index is 1.14. The molecular weight excluding hydrogens is 464 g/mol. The summed E-state index contributed by atoms with van der Waals surface area (Å²) < 4.78 is 29.0. The Bertz CT molecular complexity index is 1380. The monoisotopic (exact) mass is 484 g/mol. The third-order valence-electron chi connectivity index (χ3n) is 7.25. The topological polar surface area (TPSA) is 115 Å². The molecule has 10 heteroatoms. The minimum atomic E-state index is -3.29. The Morgan fingerprint density at radius 1 is 1.06 bits per heavy atom. The summed E-state index contributed by atoms with van der Waals surface area (Å²) in [6.07, 6.45) is 4.48. The molecule has 0 radical (unpaired) electrons. The predicted molar refractivity (Wildman–Crippen MR) is 120 cm³/mol. The standard InChI is InChI=1S/C23H21ClN4O4S/c1-33(30,31)23(9-10-23)17-4-2-3-16(25-17)19(29)27-22-11-21(12-22,13-22)20-26-18(28-32-20)14-5-7-15(24)8-6-14/h2-8H,9-13H2,1H3,(H,27,29). The van der Waals surface area contributed by atoms with Gasteiger partial charge < -0.3 is 9.84 Å². The molecule has 7 rings (SSSR count). The van der Waals surface area contributed by atoms with Gasteiger partial charge in [0.2, 0.25) is 11.7 Å². The van der Waals surface area contributed by atoms with Gasteiger partial charge in [-0.25, -0.2) is 13.4 Å². The van der Waals surface area contributed by atoms with Crippen LogP contribution < -0.4 is 5.32 Å². The zero-order valence-electron chi connectivity index (χ0n) is 17.8. The van der Waals surface area contributed by atoms with Gasteiger partial charge in [0, 0.05) is 22.4 Å². The van der Waals surface area contributed by atoms with E-state index in [2.05, 4.69) is 20.4 Å². The maximum atomic E-state index is 12.9. The van der Waals surface area contributed by atoms with Crippen molar-refractivity contribution in [2.75, 3.05) is 6.26 Å². The first-order chi connectivity index (χ1) is 15.6. The SMILES string of the molecule is CS(=O)(=O)C1(c2cccc(C(=O)NC34CC(c5nc(-c6ccc(Cl)cc6)no5)(C3)C4)n2)CC1. The molecule has 2 bridgehead atoms. The third-order valence-corrected chi connectivity index (χ3v) is 9.54. The molecule has 2 heterocycles. The molecule has 4 aliphatic rings.